The number of nitrogens with one attached hydrogen (secondary N) is 2. The summed E-state index contributed by atoms with van der Waals surface area (Å²) in [6, 6.07) is 7.58. The number of carbonyl (C=O) groups excluding carboxylic acids is 1. The zero-order valence-corrected chi connectivity index (χ0v) is 9.68. The Bertz CT molecular complexity index is 527. The number of fused-ring (bicyclic) bond motifs is 1. The van der Waals surface area contributed by atoms with Gasteiger partial charge in [0.2, 0.25) is 5.95 Å². The van der Waals surface area contributed by atoms with Crippen LogP contribution in [0.1, 0.15) is 0 Å². The molecule has 18 heavy (non-hydrogen) atoms. The van der Waals surface area contributed by atoms with E-state index < -0.39 is 6.10 Å². The third-order valence-electron chi connectivity index (χ3n) is 2.74. The maximum Gasteiger partial charge on any atom is 0.258 e. The van der Waals surface area contributed by atoms with E-state index in [9.17, 15) is 4.79 Å². The summed E-state index contributed by atoms with van der Waals surface area (Å²) in [4.78, 5) is 19.2. The maximum atomic E-state index is 11.9. The Morgan fingerprint density at radius 2 is 2.28 bits per heavy atom. The Kier molecular flexibility index (Phi) is 2.95. The molecule has 1 aromatic carbocycles. The number of carbonyl (C=O) groups is 1. The molecule has 0 aliphatic carbocycles. The minimum atomic E-state index is -0.563. The molecule has 1 amide bonds. The highest BCUT2D eigenvalue weighted by molar-refractivity contribution is 5.94. The van der Waals surface area contributed by atoms with E-state index in [1.54, 1.807) is 0 Å². The van der Waals surface area contributed by atoms with Crippen molar-refractivity contribution < 1.29 is 14.3 Å². The van der Waals surface area contributed by atoms with Crippen molar-refractivity contribution in [2.24, 2.45) is 0 Å². The van der Waals surface area contributed by atoms with Crippen LogP contribution in [0, 0.1) is 0 Å². The van der Waals surface area contributed by atoms with Gasteiger partial charge in [-0.25, -0.2) is 4.98 Å². The minimum Gasteiger partial charge on any atom is -0.376 e. The molecule has 1 fully saturated rings. The number of imidazole rings is 1. The summed E-state index contributed by atoms with van der Waals surface area (Å²) in [6.45, 7) is 1.26. The van der Waals surface area contributed by atoms with E-state index in [4.69, 9.17) is 9.47 Å². The lowest BCUT2D eigenvalue weighted by atomic mass is 10.3. The molecule has 1 aliphatic heterocycles. The van der Waals surface area contributed by atoms with E-state index in [1.807, 2.05) is 24.3 Å². The van der Waals surface area contributed by atoms with Gasteiger partial charge < -0.3 is 14.5 Å². The molecule has 0 spiro atoms. The van der Waals surface area contributed by atoms with E-state index in [-0.39, 0.29) is 12.5 Å². The number of nitrogens with zero attached hydrogens (tertiary/aromatic N) is 1. The first-order valence-electron chi connectivity index (χ1n) is 5.78. The van der Waals surface area contributed by atoms with Crippen molar-refractivity contribution in [3.63, 3.8) is 0 Å². The van der Waals surface area contributed by atoms with Gasteiger partial charge in [0.15, 0.2) is 6.10 Å². The van der Waals surface area contributed by atoms with E-state index in [0.717, 1.165) is 11.0 Å². The van der Waals surface area contributed by atoms with Gasteiger partial charge in [-0.3, -0.25) is 10.1 Å². The van der Waals surface area contributed by atoms with Crippen LogP contribution in [0.3, 0.4) is 0 Å². The minimum absolute atomic E-state index is 0.242. The van der Waals surface area contributed by atoms with E-state index >= 15 is 0 Å². The van der Waals surface area contributed by atoms with Crippen LogP contribution in [-0.4, -0.2) is 41.8 Å². The number of rotatable bonds is 2. The van der Waals surface area contributed by atoms with Crippen molar-refractivity contribution in [2.75, 3.05) is 25.1 Å². The number of benzene rings is 1. The van der Waals surface area contributed by atoms with E-state index in [1.165, 1.54) is 0 Å². The molecule has 0 radical (unpaired) electrons. The van der Waals surface area contributed by atoms with E-state index in [0.29, 0.717) is 19.2 Å². The fourth-order valence-corrected chi connectivity index (χ4v) is 1.85. The molecule has 3 rings (SSSR count). The van der Waals surface area contributed by atoms with Gasteiger partial charge in [-0.1, -0.05) is 12.1 Å². The van der Waals surface area contributed by atoms with Crippen LogP contribution in [0.25, 0.3) is 11.0 Å². The number of anilines is 1. The molecule has 1 atom stereocenters. The maximum absolute atomic E-state index is 11.9. The summed E-state index contributed by atoms with van der Waals surface area (Å²) in [7, 11) is 0. The highest BCUT2D eigenvalue weighted by Crippen LogP contribution is 2.14. The van der Waals surface area contributed by atoms with Crippen molar-refractivity contribution in [2.45, 2.75) is 6.10 Å². The molecule has 94 valence electrons. The molecular formula is C12H13N3O3. The summed E-state index contributed by atoms with van der Waals surface area (Å²) >= 11 is 0. The first-order chi connectivity index (χ1) is 8.83. The first kappa shape index (κ1) is 11.2. The Morgan fingerprint density at radius 3 is 3.06 bits per heavy atom. The predicted octanol–water partition coefficient (Wildman–Crippen LogP) is 0.917. The fourth-order valence-electron chi connectivity index (χ4n) is 1.85. The highest BCUT2D eigenvalue weighted by atomic mass is 16.6. The number of para-hydroxylation sites is 2. The van der Waals surface area contributed by atoms with Gasteiger partial charge in [0.05, 0.1) is 30.9 Å². The third-order valence-corrected chi connectivity index (χ3v) is 2.74. The summed E-state index contributed by atoms with van der Waals surface area (Å²) in [5.74, 6) is 0.184. The van der Waals surface area contributed by atoms with Crippen LogP contribution >= 0.6 is 0 Å². The standard InChI is InChI=1S/C12H13N3O3/c16-11(10-7-17-5-6-18-10)15-12-13-8-3-1-2-4-9(8)14-12/h1-4,10H,5-7H2,(H2,13,14,15,16)/t10-/m0/s1. The SMILES string of the molecule is O=C(Nc1nc2ccccc2[nH]1)[C@@H]1COCCO1. The number of H-pyrrole nitrogens is 1. The normalized spacial score (nSPS) is 19.9. The van der Waals surface area contributed by atoms with Gasteiger partial charge in [-0.15, -0.1) is 0 Å². The van der Waals surface area contributed by atoms with Gasteiger partial charge in [0, 0.05) is 0 Å². The number of hydrogen-bond donors (Lipinski definition) is 2. The van der Waals surface area contributed by atoms with Gasteiger partial charge in [0.1, 0.15) is 0 Å². The zero-order chi connectivity index (χ0) is 12.4. The smallest absolute Gasteiger partial charge is 0.258 e. The van der Waals surface area contributed by atoms with Crippen LogP contribution in [0.15, 0.2) is 24.3 Å². The summed E-state index contributed by atoms with van der Waals surface area (Å²) in [5.41, 5.74) is 1.70. The zero-order valence-electron chi connectivity index (χ0n) is 9.68. The van der Waals surface area contributed by atoms with Gasteiger partial charge in [-0.2, -0.15) is 0 Å². The first-order valence-corrected chi connectivity index (χ1v) is 5.78. The lowest BCUT2D eigenvalue weighted by Crippen LogP contribution is -2.39. The molecule has 2 heterocycles. The average molecular weight is 247 g/mol. The number of hydrogen-bond acceptors (Lipinski definition) is 4. The molecular weight excluding hydrogens is 234 g/mol. The predicted molar refractivity (Wildman–Crippen MR) is 65.3 cm³/mol. The molecule has 2 N–H and O–H groups in total. The largest absolute Gasteiger partial charge is 0.376 e. The van der Waals surface area contributed by atoms with Crippen molar-refractivity contribution in [3.05, 3.63) is 24.3 Å². The molecule has 0 unspecified atom stereocenters. The Balaban J connectivity index is 1.73. The van der Waals surface area contributed by atoms with Gasteiger partial charge in [0.25, 0.3) is 5.91 Å². The van der Waals surface area contributed by atoms with Crippen LogP contribution in [0.4, 0.5) is 5.95 Å². The second kappa shape index (κ2) is 4.75. The summed E-state index contributed by atoms with van der Waals surface area (Å²) < 4.78 is 10.5. The lowest BCUT2D eigenvalue weighted by Gasteiger charge is -2.21. The number of ether oxygens (including phenoxy) is 2. The fraction of sp³-hybridized carbons (Fsp3) is 0.333. The van der Waals surface area contributed by atoms with Crippen LogP contribution in [0.2, 0.25) is 0 Å². The van der Waals surface area contributed by atoms with E-state index in [2.05, 4.69) is 15.3 Å². The number of aromatic nitrogens is 2. The van der Waals surface area contributed by atoms with Crippen molar-refractivity contribution in [1.29, 1.82) is 0 Å². The quantitative estimate of drug-likeness (QED) is 0.827. The molecule has 1 aromatic heterocycles. The summed E-state index contributed by atoms with van der Waals surface area (Å²) in [6.07, 6.45) is -0.563. The number of aromatic amines is 1. The lowest BCUT2D eigenvalue weighted by molar-refractivity contribution is -0.142. The number of amides is 1. The van der Waals surface area contributed by atoms with Crippen molar-refractivity contribution >= 4 is 22.9 Å². The molecule has 0 saturated carbocycles. The molecule has 6 nitrogen and oxygen atoms in total. The molecule has 2 aromatic rings. The monoisotopic (exact) mass is 247 g/mol. The van der Waals surface area contributed by atoms with Gasteiger partial charge in [-0.05, 0) is 12.1 Å². The Morgan fingerprint density at radius 1 is 1.39 bits per heavy atom. The Labute approximate surface area is 103 Å². The van der Waals surface area contributed by atoms with Crippen LogP contribution < -0.4 is 5.32 Å². The summed E-state index contributed by atoms with van der Waals surface area (Å²) in [5, 5.41) is 2.69. The van der Waals surface area contributed by atoms with Crippen molar-refractivity contribution in [3.8, 4) is 0 Å². The molecule has 1 saturated heterocycles. The average Bonchev–Trinajstić information content (AvgIpc) is 2.82. The van der Waals surface area contributed by atoms with Crippen LogP contribution in [0.5, 0.6) is 0 Å². The molecule has 6 heteroatoms. The topological polar surface area (TPSA) is 76.2 Å². The third kappa shape index (κ3) is 2.20. The Hall–Kier alpha value is -1.92. The van der Waals surface area contributed by atoms with Crippen LogP contribution in [-0.2, 0) is 14.3 Å². The highest BCUT2D eigenvalue weighted by Gasteiger charge is 2.23. The van der Waals surface area contributed by atoms with Gasteiger partial charge >= 0.3 is 0 Å². The molecule has 1 aliphatic rings. The van der Waals surface area contributed by atoms with Crippen molar-refractivity contribution in [1.82, 2.24) is 9.97 Å². The second-order valence-electron chi connectivity index (χ2n) is 4.03. The molecule has 0 bridgehead atoms. The second-order valence-corrected chi connectivity index (χ2v) is 4.03.